The molecule has 1 amide bonds. The molecule has 2 bridgehead atoms. The van der Waals surface area contributed by atoms with Crippen LogP contribution in [0.15, 0.2) is 12.1 Å². The van der Waals surface area contributed by atoms with Crippen molar-refractivity contribution >= 4 is 17.7 Å². The largest absolute Gasteiger partial charge is 0.493 e. The first-order chi connectivity index (χ1) is 14.0. The first kappa shape index (κ1) is 21.7. The van der Waals surface area contributed by atoms with Gasteiger partial charge in [0, 0.05) is 31.0 Å². The predicted octanol–water partition coefficient (Wildman–Crippen LogP) is 3.02. The monoisotopic (exact) mass is 422 g/mol. The minimum atomic E-state index is -0.834. The van der Waals surface area contributed by atoms with Gasteiger partial charge in [-0.2, -0.15) is 0 Å². The summed E-state index contributed by atoms with van der Waals surface area (Å²) in [6.45, 7) is 6.45. The molecule has 1 unspecified atom stereocenters. The van der Waals surface area contributed by atoms with Crippen molar-refractivity contribution in [2.75, 3.05) is 27.3 Å². The Morgan fingerprint density at radius 1 is 1.13 bits per heavy atom. The van der Waals surface area contributed by atoms with E-state index in [4.69, 9.17) is 14.2 Å². The number of nitro groups is 1. The Balaban J connectivity index is 1.77. The van der Waals surface area contributed by atoms with Crippen LogP contribution in [0.1, 0.15) is 37.6 Å². The van der Waals surface area contributed by atoms with Crippen molar-refractivity contribution in [2.45, 2.75) is 38.9 Å². The van der Waals surface area contributed by atoms with Crippen LogP contribution >= 0.6 is 0 Å². The molecule has 164 valence electrons. The molecule has 0 N–H and O–H groups in total. The van der Waals surface area contributed by atoms with Crippen LogP contribution < -0.4 is 9.47 Å². The van der Waals surface area contributed by atoms with Crippen molar-refractivity contribution in [2.24, 2.45) is 11.8 Å². The summed E-state index contributed by atoms with van der Waals surface area (Å²) in [6.07, 6.45) is 0.365. The molecule has 3 rings (SSSR count). The summed E-state index contributed by atoms with van der Waals surface area (Å²) < 4.78 is 21.4. The number of carbonyl (C=O) groups excluding carboxylic acids is 2. The van der Waals surface area contributed by atoms with E-state index in [0.717, 1.165) is 19.6 Å². The maximum Gasteiger partial charge on any atom is 0.410 e. The van der Waals surface area contributed by atoms with Gasteiger partial charge in [0.2, 0.25) is 0 Å². The predicted molar refractivity (Wildman–Crippen MR) is 105 cm³/mol. The Kier molecular flexibility index (Phi) is 5.78. The summed E-state index contributed by atoms with van der Waals surface area (Å²) in [5, 5.41) is 11.3. The van der Waals surface area contributed by atoms with Crippen molar-refractivity contribution in [3.8, 4) is 11.5 Å². The quantitative estimate of drug-likeness (QED) is 0.404. The summed E-state index contributed by atoms with van der Waals surface area (Å²) in [4.78, 5) is 36.7. The zero-order chi connectivity index (χ0) is 22.2. The molecule has 2 aliphatic rings. The fourth-order valence-corrected chi connectivity index (χ4v) is 3.88. The van der Waals surface area contributed by atoms with Gasteiger partial charge in [0.25, 0.3) is 5.69 Å². The molecule has 1 aromatic rings. The average molecular weight is 422 g/mol. The fourth-order valence-electron chi connectivity index (χ4n) is 3.88. The average Bonchev–Trinajstić information content (AvgIpc) is 2.69. The molecular formula is C20H26N2O8. The van der Waals surface area contributed by atoms with Gasteiger partial charge in [-0.15, -0.1) is 0 Å². The molecule has 0 spiro atoms. The van der Waals surface area contributed by atoms with Gasteiger partial charge in [0.05, 0.1) is 25.2 Å². The molecule has 2 fully saturated rings. The number of fused-ring (bicyclic) bond motifs is 2. The molecular weight excluding hydrogens is 396 g/mol. The number of ether oxygens (including phenoxy) is 4. The summed E-state index contributed by atoms with van der Waals surface area (Å²) in [5.41, 5.74) is -1.19. The van der Waals surface area contributed by atoms with Crippen LogP contribution in [0.25, 0.3) is 0 Å². The van der Waals surface area contributed by atoms with Crippen molar-refractivity contribution < 1.29 is 33.5 Å². The Bertz CT molecular complexity index is 851. The molecule has 1 aliphatic carbocycles. The summed E-state index contributed by atoms with van der Waals surface area (Å²) >= 11 is 0. The highest BCUT2D eigenvalue weighted by Gasteiger charge is 2.50. The van der Waals surface area contributed by atoms with Gasteiger partial charge in [-0.1, -0.05) is 0 Å². The number of methoxy groups -OCH3 is 2. The van der Waals surface area contributed by atoms with E-state index in [-0.39, 0.29) is 41.1 Å². The van der Waals surface area contributed by atoms with Gasteiger partial charge < -0.3 is 23.8 Å². The van der Waals surface area contributed by atoms with Crippen molar-refractivity contribution in [3.05, 3.63) is 27.8 Å². The molecule has 10 heteroatoms. The van der Waals surface area contributed by atoms with Crippen LogP contribution in [0, 0.1) is 22.0 Å². The Morgan fingerprint density at radius 3 is 2.27 bits per heavy atom. The Labute approximate surface area is 174 Å². The first-order valence-corrected chi connectivity index (χ1v) is 9.63. The Hall–Kier alpha value is -3.04. The number of carbonyl (C=O) groups is 2. The smallest absolute Gasteiger partial charge is 0.410 e. The number of hydrogen-bond acceptors (Lipinski definition) is 8. The fraction of sp³-hybridized carbons (Fsp3) is 0.600. The summed E-state index contributed by atoms with van der Waals surface area (Å²) in [6, 6.07) is 2.44. The third-order valence-electron chi connectivity index (χ3n) is 5.24. The number of benzene rings is 1. The van der Waals surface area contributed by atoms with Crippen LogP contribution in [0.4, 0.5) is 10.5 Å². The highest BCUT2D eigenvalue weighted by molar-refractivity contribution is 5.95. The second-order valence-corrected chi connectivity index (χ2v) is 8.49. The van der Waals surface area contributed by atoms with E-state index in [2.05, 4.69) is 4.74 Å². The molecule has 0 aromatic heterocycles. The molecule has 1 saturated carbocycles. The van der Waals surface area contributed by atoms with E-state index in [1.165, 1.54) is 13.2 Å². The highest BCUT2D eigenvalue weighted by atomic mass is 16.6. The van der Waals surface area contributed by atoms with Crippen LogP contribution in [-0.2, 0) is 9.47 Å². The number of esters is 1. The standard InChI is InChI=1S/C20H26N2O8/c1-20(2,3)30-19(24)21-9-11-6-12(10-21)17(11)29-16-7-13(18(23)28-5)14(22(25)26)8-15(16)27-4/h7-8,11-12,17H,6,9-10H2,1-5H3/t11-,12+,17?. The number of likely N-dealkylation sites (tertiary alicyclic amines) is 1. The molecule has 1 heterocycles. The molecule has 0 radical (unpaired) electrons. The number of nitro benzene ring substituents is 1. The number of nitrogens with zero attached hydrogens (tertiary/aromatic N) is 2. The molecule has 10 nitrogen and oxygen atoms in total. The minimum absolute atomic E-state index is 0.0951. The molecule has 30 heavy (non-hydrogen) atoms. The zero-order valence-corrected chi connectivity index (χ0v) is 17.7. The van der Waals surface area contributed by atoms with E-state index in [1.54, 1.807) is 4.90 Å². The molecule has 1 saturated heterocycles. The van der Waals surface area contributed by atoms with Crippen LogP contribution in [-0.4, -0.2) is 60.9 Å². The van der Waals surface area contributed by atoms with Gasteiger partial charge in [-0.25, -0.2) is 9.59 Å². The Morgan fingerprint density at radius 2 is 1.77 bits per heavy atom. The number of piperidine rings is 2. The van der Waals surface area contributed by atoms with E-state index >= 15 is 0 Å². The number of rotatable bonds is 5. The maximum atomic E-state index is 12.3. The van der Waals surface area contributed by atoms with Gasteiger partial charge >= 0.3 is 12.1 Å². The normalized spacial score (nSPS) is 22.6. The van der Waals surface area contributed by atoms with E-state index in [0.29, 0.717) is 13.1 Å². The van der Waals surface area contributed by atoms with Crippen molar-refractivity contribution in [3.63, 3.8) is 0 Å². The highest BCUT2D eigenvalue weighted by Crippen LogP contribution is 2.45. The summed E-state index contributed by atoms with van der Waals surface area (Å²) in [7, 11) is 2.52. The maximum absolute atomic E-state index is 12.3. The van der Waals surface area contributed by atoms with E-state index in [1.807, 2.05) is 20.8 Å². The van der Waals surface area contributed by atoms with E-state index < -0.39 is 22.2 Å². The lowest BCUT2D eigenvalue weighted by atomic mass is 9.68. The lowest BCUT2D eigenvalue weighted by Gasteiger charge is -2.52. The SMILES string of the molecule is COC(=O)c1cc(OC2[C@@H]3C[C@H]2CN(C(=O)OC(C)(C)C)C3)c(OC)cc1[N+](=O)[O-]. The zero-order valence-electron chi connectivity index (χ0n) is 17.7. The van der Waals surface area contributed by atoms with Crippen LogP contribution in [0.5, 0.6) is 11.5 Å². The van der Waals surface area contributed by atoms with Gasteiger partial charge in [0.1, 0.15) is 17.3 Å². The lowest BCUT2D eigenvalue weighted by Crippen LogP contribution is -2.62. The minimum Gasteiger partial charge on any atom is -0.493 e. The molecule has 3 atom stereocenters. The first-order valence-electron chi connectivity index (χ1n) is 9.63. The topological polar surface area (TPSA) is 117 Å². The second-order valence-electron chi connectivity index (χ2n) is 8.49. The van der Waals surface area contributed by atoms with Crippen LogP contribution in [0.2, 0.25) is 0 Å². The van der Waals surface area contributed by atoms with Crippen molar-refractivity contribution in [1.29, 1.82) is 0 Å². The molecule has 1 aliphatic heterocycles. The van der Waals surface area contributed by atoms with Gasteiger partial charge in [-0.3, -0.25) is 10.1 Å². The van der Waals surface area contributed by atoms with E-state index in [9.17, 15) is 19.7 Å². The summed E-state index contributed by atoms with van der Waals surface area (Å²) in [5.74, 6) is -0.258. The number of amides is 1. The third-order valence-corrected chi connectivity index (χ3v) is 5.24. The second kappa shape index (κ2) is 8.00. The molecule has 1 aromatic carbocycles. The van der Waals surface area contributed by atoms with Crippen LogP contribution in [0.3, 0.4) is 0 Å². The van der Waals surface area contributed by atoms with Gasteiger partial charge in [0.15, 0.2) is 11.5 Å². The lowest BCUT2D eigenvalue weighted by molar-refractivity contribution is -0.385. The van der Waals surface area contributed by atoms with Gasteiger partial charge in [-0.05, 0) is 27.2 Å². The van der Waals surface area contributed by atoms with Crippen molar-refractivity contribution in [1.82, 2.24) is 4.90 Å². The number of hydrogen-bond donors (Lipinski definition) is 0. The third kappa shape index (κ3) is 4.27.